The maximum Gasteiger partial charge on any atom is 0.314 e. The fourth-order valence-corrected chi connectivity index (χ4v) is 3.16. The average Bonchev–Trinajstić information content (AvgIpc) is 2.79. The third kappa shape index (κ3) is 1.35. The van der Waals surface area contributed by atoms with Crippen LogP contribution in [0.4, 0.5) is 0 Å². The van der Waals surface area contributed by atoms with Crippen LogP contribution < -0.4 is 0 Å². The molecule has 1 saturated heterocycles. The summed E-state index contributed by atoms with van der Waals surface area (Å²) in [5.41, 5.74) is -0.865. The highest BCUT2D eigenvalue weighted by Gasteiger charge is 2.64. The van der Waals surface area contributed by atoms with Gasteiger partial charge in [0.25, 0.3) is 0 Å². The minimum atomic E-state index is -0.865. The summed E-state index contributed by atoms with van der Waals surface area (Å²) < 4.78 is 9.67. The second kappa shape index (κ2) is 3.84. The van der Waals surface area contributed by atoms with Gasteiger partial charge < -0.3 is 9.47 Å². The average molecular weight is 239 g/mol. The van der Waals surface area contributed by atoms with Gasteiger partial charge in [0, 0.05) is 12.1 Å². The number of carbonyl (C=O) groups excluding carboxylic acids is 2. The van der Waals surface area contributed by atoms with Crippen molar-refractivity contribution in [2.24, 2.45) is 11.3 Å². The third-order valence-electron chi connectivity index (χ3n) is 4.08. The lowest BCUT2D eigenvalue weighted by atomic mass is 9.70. The number of fused-ring (bicyclic) bond motifs is 2. The van der Waals surface area contributed by atoms with Crippen LogP contribution in [0, 0.1) is 11.3 Å². The van der Waals surface area contributed by atoms with E-state index < -0.39 is 11.3 Å². The molecule has 2 rings (SSSR count). The first-order valence-electron chi connectivity index (χ1n) is 5.55. The molecule has 0 aromatic heterocycles. The topological polar surface area (TPSA) is 55.8 Å². The number of nitrogens with zero attached hydrogens (tertiary/aromatic N) is 1. The number of likely N-dealkylation sites (N-methyl/N-ethyl adjacent to an activating group) is 1. The van der Waals surface area contributed by atoms with Crippen LogP contribution in [-0.2, 0) is 19.1 Å². The maximum absolute atomic E-state index is 12.0. The zero-order valence-corrected chi connectivity index (χ0v) is 10.5. The fourth-order valence-electron chi connectivity index (χ4n) is 3.16. The first-order chi connectivity index (χ1) is 7.98. The molecule has 0 amide bonds. The second-order valence-corrected chi connectivity index (χ2v) is 4.76. The summed E-state index contributed by atoms with van der Waals surface area (Å²) in [7, 11) is 4.59. The predicted molar refractivity (Wildman–Crippen MR) is 60.1 cm³/mol. The third-order valence-corrected chi connectivity index (χ3v) is 4.08. The number of methoxy groups -OCH3 is 2. The van der Waals surface area contributed by atoms with Crippen molar-refractivity contribution in [1.82, 2.24) is 4.90 Å². The van der Waals surface area contributed by atoms with E-state index in [9.17, 15) is 9.59 Å². The van der Waals surface area contributed by atoms with Crippen molar-refractivity contribution in [3.63, 3.8) is 0 Å². The minimum absolute atomic E-state index is 0.0865. The van der Waals surface area contributed by atoms with Gasteiger partial charge in [-0.1, -0.05) is 12.2 Å². The summed E-state index contributed by atoms with van der Waals surface area (Å²) in [6.45, 7) is 1.77. The molecule has 2 aliphatic heterocycles. The van der Waals surface area contributed by atoms with E-state index in [2.05, 4.69) is 0 Å². The van der Waals surface area contributed by atoms with E-state index in [1.54, 1.807) is 6.92 Å². The largest absolute Gasteiger partial charge is 0.469 e. The van der Waals surface area contributed by atoms with E-state index in [0.29, 0.717) is 0 Å². The fraction of sp³-hybridized carbons (Fsp3) is 0.667. The Kier molecular flexibility index (Phi) is 2.73. The molecule has 0 aromatic rings. The number of rotatable bonds is 2. The highest BCUT2D eigenvalue weighted by atomic mass is 16.5. The first kappa shape index (κ1) is 12.1. The lowest BCUT2D eigenvalue weighted by Crippen LogP contribution is -2.47. The Bertz CT molecular complexity index is 392. The SMILES string of the molecule is COC(=O)C1C2C=CC(N2C)C1(C)C(=O)OC. The van der Waals surface area contributed by atoms with Gasteiger partial charge in [-0.3, -0.25) is 14.5 Å². The summed E-state index contributed by atoms with van der Waals surface area (Å²) >= 11 is 0. The van der Waals surface area contributed by atoms with Crippen molar-refractivity contribution < 1.29 is 19.1 Å². The summed E-state index contributed by atoms with van der Waals surface area (Å²) in [5, 5.41) is 0. The van der Waals surface area contributed by atoms with Crippen molar-refractivity contribution in [2.45, 2.75) is 19.0 Å². The zero-order valence-electron chi connectivity index (χ0n) is 10.5. The van der Waals surface area contributed by atoms with Gasteiger partial charge in [-0.15, -0.1) is 0 Å². The zero-order chi connectivity index (χ0) is 12.8. The van der Waals surface area contributed by atoms with E-state index in [1.165, 1.54) is 14.2 Å². The van der Waals surface area contributed by atoms with Gasteiger partial charge in [0.15, 0.2) is 0 Å². The molecule has 2 heterocycles. The Labute approximate surface area is 100 Å². The molecule has 17 heavy (non-hydrogen) atoms. The molecule has 0 spiro atoms. The van der Waals surface area contributed by atoms with Crippen molar-refractivity contribution in [3.8, 4) is 0 Å². The molecule has 5 nitrogen and oxygen atoms in total. The Morgan fingerprint density at radius 1 is 1.24 bits per heavy atom. The number of ether oxygens (including phenoxy) is 2. The van der Waals surface area contributed by atoms with Gasteiger partial charge in [0.2, 0.25) is 0 Å². The Hall–Kier alpha value is -1.36. The van der Waals surface area contributed by atoms with Crippen LogP contribution in [0.3, 0.4) is 0 Å². The van der Waals surface area contributed by atoms with Gasteiger partial charge in [0.1, 0.15) is 0 Å². The molecule has 0 aliphatic carbocycles. The number of hydrogen-bond acceptors (Lipinski definition) is 5. The first-order valence-corrected chi connectivity index (χ1v) is 5.55. The monoisotopic (exact) mass is 239 g/mol. The molecule has 1 fully saturated rings. The van der Waals surface area contributed by atoms with Crippen molar-refractivity contribution in [2.75, 3.05) is 21.3 Å². The minimum Gasteiger partial charge on any atom is -0.469 e. The maximum atomic E-state index is 12.0. The quantitative estimate of drug-likeness (QED) is 0.509. The molecule has 4 atom stereocenters. The van der Waals surface area contributed by atoms with Crippen LogP contribution in [0.25, 0.3) is 0 Å². The molecular weight excluding hydrogens is 222 g/mol. The van der Waals surface area contributed by atoms with Crippen LogP contribution in [0.5, 0.6) is 0 Å². The van der Waals surface area contributed by atoms with E-state index in [0.717, 1.165) is 0 Å². The number of carbonyl (C=O) groups is 2. The molecule has 94 valence electrons. The molecule has 0 aromatic carbocycles. The predicted octanol–water partition coefficient (Wildman–Crippen LogP) is 0.207. The Morgan fingerprint density at radius 3 is 2.41 bits per heavy atom. The summed E-state index contributed by atoms with van der Waals surface area (Å²) in [5.74, 6) is -1.22. The van der Waals surface area contributed by atoms with Gasteiger partial charge in [-0.2, -0.15) is 0 Å². The standard InChI is InChI=1S/C12H17NO4/c1-12(11(15)17-4)8-6-5-7(13(8)2)9(12)10(14)16-3/h5-9H,1-4H3. The molecule has 2 bridgehead atoms. The van der Waals surface area contributed by atoms with E-state index in [4.69, 9.17) is 9.47 Å². The van der Waals surface area contributed by atoms with E-state index in [1.807, 2.05) is 24.1 Å². The number of esters is 2. The smallest absolute Gasteiger partial charge is 0.314 e. The molecular formula is C12H17NO4. The van der Waals surface area contributed by atoms with E-state index in [-0.39, 0.29) is 24.0 Å². The van der Waals surface area contributed by atoms with Gasteiger partial charge in [-0.25, -0.2) is 0 Å². The van der Waals surface area contributed by atoms with Gasteiger partial charge in [0.05, 0.1) is 25.6 Å². The van der Waals surface area contributed by atoms with Crippen molar-refractivity contribution in [1.29, 1.82) is 0 Å². The molecule has 2 aliphatic rings. The van der Waals surface area contributed by atoms with Gasteiger partial charge in [-0.05, 0) is 14.0 Å². The van der Waals surface area contributed by atoms with Gasteiger partial charge >= 0.3 is 11.9 Å². The number of hydrogen-bond donors (Lipinski definition) is 0. The van der Waals surface area contributed by atoms with E-state index >= 15 is 0 Å². The van der Waals surface area contributed by atoms with Crippen molar-refractivity contribution >= 4 is 11.9 Å². The lowest BCUT2D eigenvalue weighted by molar-refractivity contribution is -0.164. The molecule has 4 unspecified atom stereocenters. The molecule has 0 N–H and O–H groups in total. The second-order valence-electron chi connectivity index (χ2n) is 4.76. The molecule has 5 heteroatoms. The Morgan fingerprint density at radius 2 is 1.88 bits per heavy atom. The summed E-state index contributed by atoms with van der Waals surface area (Å²) in [4.78, 5) is 25.9. The van der Waals surface area contributed by atoms with Crippen LogP contribution in [-0.4, -0.2) is 50.2 Å². The normalized spacial score (nSPS) is 39.4. The van der Waals surface area contributed by atoms with Crippen LogP contribution in [0.15, 0.2) is 12.2 Å². The van der Waals surface area contributed by atoms with Crippen LogP contribution >= 0.6 is 0 Å². The van der Waals surface area contributed by atoms with Crippen LogP contribution in [0.1, 0.15) is 6.92 Å². The summed E-state index contributed by atoms with van der Waals surface area (Å²) in [6, 6.07) is -0.194. The van der Waals surface area contributed by atoms with Crippen molar-refractivity contribution in [3.05, 3.63) is 12.2 Å². The summed E-state index contributed by atoms with van der Waals surface area (Å²) in [6.07, 6.45) is 3.91. The lowest BCUT2D eigenvalue weighted by Gasteiger charge is -2.32. The highest BCUT2D eigenvalue weighted by molar-refractivity contribution is 5.88. The van der Waals surface area contributed by atoms with Crippen LogP contribution in [0.2, 0.25) is 0 Å². The highest BCUT2D eigenvalue weighted by Crippen LogP contribution is 2.50. The molecule has 0 saturated carbocycles. The Balaban J connectivity index is 2.45. The molecule has 0 radical (unpaired) electrons.